The summed E-state index contributed by atoms with van der Waals surface area (Å²) in [6.45, 7) is 0. The van der Waals surface area contributed by atoms with Crippen LogP contribution in [0.3, 0.4) is 0 Å². The summed E-state index contributed by atoms with van der Waals surface area (Å²) in [5.41, 5.74) is 19.4. The van der Waals surface area contributed by atoms with Gasteiger partial charge in [-0.25, -0.2) is 0 Å². The van der Waals surface area contributed by atoms with Crippen LogP contribution in [0.15, 0.2) is 217 Å². The summed E-state index contributed by atoms with van der Waals surface area (Å²) in [7, 11) is 0. The Bertz CT molecular complexity index is 3180. The Labute approximate surface area is 331 Å². The van der Waals surface area contributed by atoms with Crippen molar-refractivity contribution in [2.75, 3.05) is 4.90 Å². The highest BCUT2D eigenvalue weighted by molar-refractivity contribution is 6.13. The number of hydrogen-bond donors (Lipinski definition) is 0. The van der Waals surface area contributed by atoms with E-state index in [0.717, 1.165) is 39.0 Å². The van der Waals surface area contributed by atoms with Crippen molar-refractivity contribution >= 4 is 39.0 Å². The Balaban J connectivity index is 1.19. The first-order chi connectivity index (χ1) is 28.3. The molecule has 266 valence electrons. The predicted molar refractivity (Wildman–Crippen MR) is 236 cm³/mol. The molecule has 2 aliphatic rings. The largest absolute Gasteiger partial charge is 0.455 e. The molecule has 1 spiro atoms. The first-order valence-electron chi connectivity index (χ1n) is 19.7. The molecule has 0 aliphatic heterocycles. The van der Waals surface area contributed by atoms with Crippen LogP contribution >= 0.6 is 0 Å². The van der Waals surface area contributed by atoms with E-state index < -0.39 is 5.41 Å². The lowest BCUT2D eigenvalue weighted by molar-refractivity contribution is 0.669. The number of para-hydroxylation sites is 2. The molecule has 12 rings (SSSR count). The maximum atomic E-state index is 6.85. The number of hydrogen-bond acceptors (Lipinski definition) is 2. The Morgan fingerprint density at radius 2 is 0.930 bits per heavy atom. The number of nitrogens with zero attached hydrogens (tertiary/aromatic N) is 1. The second kappa shape index (κ2) is 12.3. The molecule has 0 saturated carbocycles. The van der Waals surface area contributed by atoms with E-state index in [1.165, 1.54) is 66.8 Å². The molecule has 0 radical (unpaired) electrons. The normalized spacial score (nSPS) is 14.7. The van der Waals surface area contributed by atoms with Crippen LogP contribution in [-0.2, 0) is 5.41 Å². The summed E-state index contributed by atoms with van der Waals surface area (Å²) in [6, 6.07) is 77.4. The molecule has 1 unspecified atom stereocenters. The minimum absolute atomic E-state index is 0.606. The fourth-order valence-electron chi connectivity index (χ4n) is 10.00. The summed E-state index contributed by atoms with van der Waals surface area (Å²) < 4.78 is 6.85. The van der Waals surface area contributed by atoms with Crippen molar-refractivity contribution in [3.8, 4) is 44.5 Å². The van der Waals surface area contributed by atoms with Gasteiger partial charge in [0.05, 0.1) is 16.8 Å². The van der Waals surface area contributed by atoms with Gasteiger partial charge in [-0.2, -0.15) is 0 Å². The zero-order valence-electron chi connectivity index (χ0n) is 31.1. The maximum absolute atomic E-state index is 6.85. The SMILES string of the molecule is c1ccc(-c2ccc(N(c3ccccc3-c3ccccc3)c3cccc4c3C3(c5ccccc5-4)c4ccccc4-c4c3ccc3c4oc4ccccc43)cc2)cc1. The highest BCUT2D eigenvalue weighted by Gasteiger charge is 2.54. The highest BCUT2D eigenvalue weighted by Crippen LogP contribution is 2.66. The van der Waals surface area contributed by atoms with Crippen molar-refractivity contribution < 1.29 is 4.42 Å². The smallest absolute Gasteiger partial charge is 0.143 e. The van der Waals surface area contributed by atoms with Gasteiger partial charge in [0.15, 0.2) is 0 Å². The van der Waals surface area contributed by atoms with E-state index in [4.69, 9.17) is 4.42 Å². The van der Waals surface area contributed by atoms with Gasteiger partial charge in [-0.15, -0.1) is 0 Å². The van der Waals surface area contributed by atoms with Crippen molar-refractivity contribution in [2.24, 2.45) is 0 Å². The van der Waals surface area contributed by atoms with Crippen LogP contribution in [0.25, 0.3) is 66.4 Å². The van der Waals surface area contributed by atoms with Crippen LogP contribution in [0.1, 0.15) is 22.3 Å². The standard InChI is InChI=1S/C55H35NO/c1-3-16-36(17-4-1)37-30-32-39(33-31-37)56(49-27-13-9-20-40(49)38-18-5-2-6-19-38)50-28-15-24-43-41-21-7-11-25-46(41)55(53(43)50)47-26-12-8-23-45(47)52-48(55)35-34-44-42-22-10-14-29-51(42)57-54(44)52/h1-35H. The molecule has 57 heavy (non-hydrogen) atoms. The van der Waals surface area contributed by atoms with E-state index in [-0.39, 0.29) is 0 Å². The minimum Gasteiger partial charge on any atom is -0.455 e. The topological polar surface area (TPSA) is 16.4 Å². The summed E-state index contributed by atoms with van der Waals surface area (Å²) in [4.78, 5) is 2.50. The monoisotopic (exact) mass is 725 g/mol. The Morgan fingerprint density at radius 3 is 1.72 bits per heavy atom. The first-order valence-corrected chi connectivity index (χ1v) is 19.7. The number of benzene rings is 9. The van der Waals surface area contributed by atoms with Gasteiger partial charge in [-0.05, 0) is 80.4 Å². The van der Waals surface area contributed by atoms with Gasteiger partial charge in [0.1, 0.15) is 11.2 Å². The summed E-state index contributed by atoms with van der Waals surface area (Å²) in [5, 5.41) is 2.29. The van der Waals surface area contributed by atoms with Crippen LogP contribution in [0.5, 0.6) is 0 Å². The lowest BCUT2D eigenvalue weighted by atomic mass is 9.70. The second-order valence-corrected chi connectivity index (χ2v) is 15.1. The molecule has 2 nitrogen and oxygen atoms in total. The summed E-state index contributed by atoms with van der Waals surface area (Å²) in [5.74, 6) is 0. The highest BCUT2D eigenvalue weighted by atomic mass is 16.3. The third kappa shape index (κ3) is 4.47. The van der Waals surface area contributed by atoms with Crippen LogP contribution in [0, 0.1) is 0 Å². The molecule has 2 aliphatic carbocycles. The van der Waals surface area contributed by atoms with Crippen LogP contribution in [0.4, 0.5) is 17.1 Å². The molecule has 0 bridgehead atoms. The second-order valence-electron chi connectivity index (χ2n) is 15.1. The third-order valence-corrected chi connectivity index (χ3v) is 12.3. The van der Waals surface area contributed by atoms with Gasteiger partial charge < -0.3 is 9.32 Å². The van der Waals surface area contributed by atoms with E-state index >= 15 is 0 Å². The lowest BCUT2D eigenvalue weighted by Crippen LogP contribution is -2.28. The minimum atomic E-state index is -0.606. The van der Waals surface area contributed by atoms with E-state index in [1.807, 2.05) is 0 Å². The van der Waals surface area contributed by atoms with Crippen LogP contribution in [0.2, 0.25) is 0 Å². The van der Waals surface area contributed by atoms with Crippen molar-refractivity contribution in [1.82, 2.24) is 0 Å². The van der Waals surface area contributed by atoms with Crippen LogP contribution < -0.4 is 4.90 Å². The lowest BCUT2D eigenvalue weighted by Gasteiger charge is -2.36. The van der Waals surface area contributed by atoms with E-state index in [1.54, 1.807) is 0 Å². The van der Waals surface area contributed by atoms with Crippen LogP contribution in [-0.4, -0.2) is 0 Å². The predicted octanol–water partition coefficient (Wildman–Crippen LogP) is 14.7. The van der Waals surface area contributed by atoms with E-state index in [2.05, 4.69) is 217 Å². The molecule has 1 atom stereocenters. The number of furan rings is 1. The van der Waals surface area contributed by atoms with Crippen molar-refractivity contribution in [3.63, 3.8) is 0 Å². The average Bonchev–Trinajstić information content (AvgIpc) is 3.92. The van der Waals surface area contributed by atoms with Crippen molar-refractivity contribution in [1.29, 1.82) is 0 Å². The van der Waals surface area contributed by atoms with E-state index in [9.17, 15) is 0 Å². The molecular weight excluding hydrogens is 691 g/mol. The average molecular weight is 726 g/mol. The Kier molecular flexibility index (Phi) is 6.88. The molecule has 2 heteroatoms. The molecule has 1 heterocycles. The van der Waals surface area contributed by atoms with Gasteiger partial charge in [0.25, 0.3) is 0 Å². The molecule has 0 fully saturated rings. The first kappa shape index (κ1) is 31.9. The molecule has 0 saturated heterocycles. The third-order valence-electron chi connectivity index (χ3n) is 12.3. The van der Waals surface area contributed by atoms with Gasteiger partial charge in [-0.3, -0.25) is 0 Å². The van der Waals surface area contributed by atoms with Crippen molar-refractivity contribution in [2.45, 2.75) is 5.41 Å². The number of anilines is 3. The zero-order valence-corrected chi connectivity index (χ0v) is 31.1. The quantitative estimate of drug-likeness (QED) is 0.176. The van der Waals surface area contributed by atoms with Gasteiger partial charge in [0, 0.05) is 33.2 Å². The molecule has 9 aromatic carbocycles. The zero-order chi connectivity index (χ0) is 37.5. The molecule has 10 aromatic rings. The Hall–Kier alpha value is -7.42. The van der Waals surface area contributed by atoms with Gasteiger partial charge in [-0.1, -0.05) is 182 Å². The summed E-state index contributed by atoms with van der Waals surface area (Å²) in [6.07, 6.45) is 0. The molecular formula is C55H35NO. The fourth-order valence-corrected chi connectivity index (χ4v) is 10.00. The number of rotatable bonds is 5. The summed E-state index contributed by atoms with van der Waals surface area (Å²) >= 11 is 0. The molecule has 1 aromatic heterocycles. The fraction of sp³-hybridized carbons (Fsp3) is 0.0182. The van der Waals surface area contributed by atoms with E-state index in [0.29, 0.717) is 0 Å². The molecule has 0 N–H and O–H groups in total. The number of fused-ring (bicyclic) bond motifs is 14. The van der Waals surface area contributed by atoms with Gasteiger partial charge >= 0.3 is 0 Å². The maximum Gasteiger partial charge on any atom is 0.143 e. The molecule has 0 amide bonds. The Morgan fingerprint density at radius 1 is 0.351 bits per heavy atom. The van der Waals surface area contributed by atoms with Gasteiger partial charge in [0.2, 0.25) is 0 Å². The van der Waals surface area contributed by atoms with Crippen molar-refractivity contribution in [3.05, 3.63) is 235 Å².